The smallest absolute Gasteiger partial charge is 0.269 e. The molecule has 1 aromatic heterocycles. The second-order valence-corrected chi connectivity index (χ2v) is 5.57. The number of nitrogens with two attached hydrogens (primary N) is 1. The van der Waals surface area contributed by atoms with Crippen molar-refractivity contribution in [3.63, 3.8) is 0 Å². The fourth-order valence-corrected chi connectivity index (χ4v) is 2.68. The van der Waals surface area contributed by atoms with Gasteiger partial charge in [0.2, 0.25) is 0 Å². The van der Waals surface area contributed by atoms with E-state index in [1.54, 1.807) is 18.3 Å². The molecule has 0 spiro atoms. The van der Waals surface area contributed by atoms with Crippen molar-refractivity contribution in [3.8, 4) is 0 Å². The van der Waals surface area contributed by atoms with Crippen LogP contribution in [0.4, 0.5) is 5.69 Å². The Hall–Kier alpha value is -1.66. The molecule has 1 fully saturated rings. The van der Waals surface area contributed by atoms with Crippen molar-refractivity contribution in [1.29, 1.82) is 0 Å². The molecule has 21 heavy (non-hydrogen) atoms. The monoisotopic (exact) mass is 291 g/mol. The number of nitrogens with one attached hydrogen (secondary N) is 2. The van der Waals surface area contributed by atoms with Gasteiger partial charge in [0.1, 0.15) is 5.69 Å². The van der Waals surface area contributed by atoms with Crippen LogP contribution in [0.15, 0.2) is 18.3 Å². The number of likely N-dealkylation sites (tertiary alicyclic amines) is 1. The molecule has 0 aromatic carbocycles. The Bertz CT molecular complexity index is 448. The summed E-state index contributed by atoms with van der Waals surface area (Å²) < 4.78 is 0. The Labute approximate surface area is 126 Å². The Morgan fingerprint density at radius 1 is 1.48 bits per heavy atom. The molecule has 1 amide bonds. The molecule has 6 heteroatoms. The molecule has 1 unspecified atom stereocenters. The third-order valence-electron chi connectivity index (χ3n) is 4.01. The molecule has 2 heterocycles. The minimum Gasteiger partial charge on any atom is -0.351 e. The van der Waals surface area contributed by atoms with E-state index >= 15 is 0 Å². The molecule has 0 bridgehead atoms. The highest BCUT2D eigenvalue weighted by atomic mass is 16.1. The maximum Gasteiger partial charge on any atom is 0.269 e. The Morgan fingerprint density at radius 3 is 3.00 bits per heavy atom. The average molecular weight is 291 g/mol. The maximum absolute atomic E-state index is 11.9. The van der Waals surface area contributed by atoms with Crippen molar-refractivity contribution in [3.05, 3.63) is 24.0 Å². The van der Waals surface area contributed by atoms with Crippen LogP contribution in [0.5, 0.6) is 0 Å². The summed E-state index contributed by atoms with van der Waals surface area (Å²) in [5.74, 6) is 5.13. The summed E-state index contributed by atoms with van der Waals surface area (Å²) in [4.78, 5) is 18.5. The van der Waals surface area contributed by atoms with Gasteiger partial charge < -0.3 is 15.6 Å². The quantitative estimate of drug-likeness (QED) is 0.419. The zero-order chi connectivity index (χ0) is 15.1. The lowest BCUT2D eigenvalue weighted by Crippen LogP contribution is -2.39. The number of piperidine rings is 1. The first-order valence-electron chi connectivity index (χ1n) is 7.65. The fourth-order valence-electron chi connectivity index (χ4n) is 2.68. The summed E-state index contributed by atoms with van der Waals surface area (Å²) in [7, 11) is 0. The van der Waals surface area contributed by atoms with Crippen LogP contribution in [0.2, 0.25) is 0 Å². The van der Waals surface area contributed by atoms with Crippen LogP contribution in [-0.4, -0.2) is 41.5 Å². The van der Waals surface area contributed by atoms with Crippen molar-refractivity contribution in [2.45, 2.75) is 38.6 Å². The second kappa shape index (κ2) is 7.95. The van der Waals surface area contributed by atoms with E-state index in [4.69, 9.17) is 5.84 Å². The van der Waals surface area contributed by atoms with Gasteiger partial charge in [-0.2, -0.15) is 0 Å². The SMILES string of the molecule is CC1CCCCN1CCCNC(=O)c1ccc(NN)cn1. The molecule has 1 saturated heterocycles. The van der Waals surface area contributed by atoms with Crippen molar-refractivity contribution < 1.29 is 4.79 Å². The van der Waals surface area contributed by atoms with Crippen molar-refractivity contribution in [2.75, 3.05) is 25.1 Å². The van der Waals surface area contributed by atoms with Crippen molar-refractivity contribution >= 4 is 11.6 Å². The summed E-state index contributed by atoms with van der Waals surface area (Å²) in [5.41, 5.74) is 3.59. The summed E-state index contributed by atoms with van der Waals surface area (Å²) in [6.07, 6.45) is 6.44. The molecule has 6 nitrogen and oxygen atoms in total. The third kappa shape index (κ3) is 4.68. The average Bonchev–Trinajstić information content (AvgIpc) is 2.53. The molecule has 1 atom stereocenters. The maximum atomic E-state index is 11.9. The molecule has 1 aliphatic rings. The molecule has 2 rings (SSSR count). The first kappa shape index (κ1) is 15.7. The molecular formula is C15H25N5O. The summed E-state index contributed by atoms with van der Waals surface area (Å²) >= 11 is 0. The predicted octanol–water partition coefficient (Wildman–Crippen LogP) is 1.36. The molecule has 1 aromatic rings. The largest absolute Gasteiger partial charge is 0.351 e. The lowest BCUT2D eigenvalue weighted by atomic mass is 10.0. The van der Waals surface area contributed by atoms with Gasteiger partial charge >= 0.3 is 0 Å². The highest BCUT2D eigenvalue weighted by Crippen LogP contribution is 2.16. The zero-order valence-corrected chi connectivity index (χ0v) is 12.6. The highest BCUT2D eigenvalue weighted by Gasteiger charge is 2.17. The number of carbonyl (C=O) groups is 1. The highest BCUT2D eigenvalue weighted by molar-refractivity contribution is 5.92. The molecule has 1 aliphatic heterocycles. The van der Waals surface area contributed by atoms with Crippen LogP contribution in [0.3, 0.4) is 0 Å². The van der Waals surface area contributed by atoms with Gasteiger partial charge in [-0.15, -0.1) is 0 Å². The number of pyridine rings is 1. The van der Waals surface area contributed by atoms with Crippen LogP contribution in [0.1, 0.15) is 43.1 Å². The first-order valence-corrected chi connectivity index (χ1v) is 7.65. The van der Waals surface area contributed by atoms with E-state index in [0.717, 1.165) is 13.0 Å². The minimum atomic E-state index is -0.134. The normalized spacial score (nSPS) is 19.2. The molecule has 116 valence electrons. The zero-order valence-electron chi connectivity index (χ0n) is 12.6. The summed E-state index contributed by atoms with van der Waals surface area (Å²) in [5, 5.41) is 2.91. The topological polar surface area (TPSA) is 83.3 Å². The third-order valence-corrected chi connectivity index (χ3v) is 4.01. The van der Waals surface area contributed by atoms with Gasteiger partial charge in [0, 0.05) is 19.1 Å². The molecular weight excluding hydrogens is 266 g/mol. The van der Waals surface area contributed by atoms with Gasteiger partial charge in [-0.1, -0.05) is 6.42 Å². The summed E-state index contributed by atoms with van der Waals surface area (Å²) in [6, 6.07) is 4.07. The molecule has 0 radical (unpaired) electrons. The van der Waals surface area contributed by atoms with E-state index < -0.39 is 0 Å². The van der Waals surface area contributed by atoms with E-state index in [9.17, 15) is 4.79 Å². The number of carbonyl (C=O) groups excluding carboxylic acids is 1. The lowest BCUT2D eigenvalue weighted by molar-refractivity contribution is 0.0944. The van der Waals surface area contributed by atoms with E-state index in [1.807, 2.05) is 0 Å². The van der Waals surface area contributed by atoms with Crippen LogP contribution < -0.4 is 16.6 Å². The lowest BCUT2D eigenvalue weighted by Gasteiger charge is -2.33. The van der Waals surface area contributed by atoms with Crippen LogP contribution >= 0.6 is 0 Å². The molecule has 0 aliphatic carbocycles. The number of rotatable bonds is 6. The van der Waals surface area contributed by atoms with Gasteiger partial charge in [-0.25, -0.2) is 4.98 Å². The van der Waals surface area contributed by atoms with Crippen LogP contribution in [0, 0.1) is 0 Å². The Balaban J connectivity index is 1.68. The first-order chi connectivity index (χ1) is 10.2. The number of amides is 1. The number of nitrogen functional groups attached to an aromatic ring is 1. The standard InChI is InChI=1S/C15H25N5O/c1-12-5-2-3-9-20(12)10-4-8-17-15(21)14-7-6-13(19-16)11-18-14/h6-7,11-12,19H,2-5,8-10,16H2,1H3,(H,17,21). The molecule has 4 N–H and O–H groups in total. The van der Waals surface area contributed by atoms with Gasteiger partial charge in [-0.3, -0.25) is 10.6 Å². The number of hydrazine groups is 1. The van der Waals surface area contributed by atoms with Gasteiger partial charge in [0.25, 0.3) is 5.91 Å². The number of nitrogens with zero attached hydrogens (tertiary/aromatic N) is 2. The number of hydrogen-bond donors (Lipinski definition) is 3. The summed E-state index contributed by atoms with van der Waals surface area (Å²) in [6.45, 7) is 5.20. The van der Waals surface area contributed by atoms with Gasteiger partial charge in [-0.05, 0) is 44.9 Å². The number of anilines is 1. The van der Waals surface area contributed by atoms with Crippen LogP contribution in [-0.2, 0) is 0 Å². The van der Waals surface area contributed by atoms with Gasteiger partial charge in [0.15, 0.2) is 0 Å². The van der Waals surface area contributed by atoms with E-state index in [1.165, 1.54) is 25.8 Å². The van der Waals surface area contributed by atoms with Gasteiger partial charge in [0.05, 0.1) is 11.9 Å². The van der Waals surface area contributed by atoms with Crippen molar-refractivity contribution in [1.82, 2.24) is 15.2 Å². The molecule has 0 saturated carbocycles. The van der Waals surface area contributed by atoms with E-state index in [0.29, 0.717) is 24.0 Å². The minimum absolute atomic E-state index is 0.134. The van der Waals surface area contributed by atoms with Crippen LogP contribution in [0.25, 0.3) is 0 Å². The fraction of sp³-hybridized carbons (Fsp3) is 0.600. The second-order valence-electron chi connectivity index (χ2n) is 5.57. The number of aromatic nitrogens is 1. The van der Waals surface area contributed by atoms with E-state index in [2.05, 4.69) is 27.6 Å². The van der Waals surface area contributed by atoms with Crippen molar-refractivity contribution in [2.24, 2.45) is 5.84 Å². The van der Waals surface area contributed by atoms with E-state index in [-0.39, 0.29) is 5.91 Å². The Morgan fingerprint density at radius 2 is 2.33 bits per heavy atom. The predicted molar refractivity (Wildman–Crippen MR) is 83.9 cm³/mol. The Kier molecular flexibility index (Phi) is 5.95. The number of hydrogen-bond acceptors (Lipinski definition) is 5.